The van der Waals surface area contributed by atoms with Crippen LogP contribution in [0.15, 0.2) is 18.2 Å². The topological polar surface area (TPSA) is 58.6 Å². The molecule has 1 unspecified atom stereocenters. The Kier molecular flexibility index (Phi) is 4.36. The molecule has 5 heteroatoms. The van der Waals surface area contributed by atoms with Crippen LogP contribution < -0.4 is 10.1 Å². The number of carbonyl (C=O) groups is 1. The van der Waals surface area contributed by atoms with Gasteiger partial charge in [-0.1, -0.05) is 6.07 Å². The van der Waals surface area contributed by atoms with Crippen molar-refractivity contribution < 1.29 is 14.6 Å². The average molecular weight is 267 g/mol. The number of amides is 1. The molecule has 2 N–H and O–H groups in total. The normalized spacial score (nSPS) is 18.6. The first kappa shape index (κ1) is 13.1. The number of phenols is 1. The van der Waals surface area contributed by atoms with E-state index in [1.54, 1.807) is 18.2 Å². The van der Waals surface area contributed by atoms with Crippen LogP contribution in [0.3, 0.4) is 0 Å². The zero-order valence-electron chi connectivity index (χ0n) is 10.3. The zero-order chi connectivity index (χ0) is 13.0. The monoisotopic (exact) mass is 267 g/mol. The fourth-order valence-electron chi connectivity index (χ4n) is 1.95. The molecule has 1 heterocycles. The van der Waals surface area contributed by atoms with Gasteiger partial charge in [0.1, 0.15) is 0 Å². The molecule has 1 aromatic carbocycles. The van der Waals surface area contributed by atoms with Crippen LogP contribution in [-0.4, -0.2) is 36.2 Å². The van der Waals surface area contributed by atoms with E-state index in [-0.39, 0.29) is 17.2 Å². The SMILES string of the molecule is COc1cccc(C(=O)NCC2CCSC2)c1O. The van der Waals surface area contributed by atoms with Gasteiger partial charge in [0.15, 0.2) is 11.5 Å². The lowest BCUT2D eigenvalue weighted by Crippen LogP contribution is -2.29. The predicted molar refractivity (Wildman–Crippen MR) is 72.4 cm³/mol. The molecule has 0 spiro atoms. The maximum Gasteiger partial charge on any atom is 0.255 e. The second kappa shape index (κ2) is 6.00. The van der Waals surface area contributed by atoms with E-state index in [4.69, 9.17) is 4.74 Å². The molecule has 4 nitrogen and oxygen atoms in total. The maximum atomic E-state index is 12.0. The minimum Gasteiger partial charge on any atom is -0.504 e. The lowest BCUT2D eigenvalue weighted by Gasteiger charge is -2.12. The number of nitrogens with one attached hydrogen (secondary N) is 1. The summed E-state index contributed by atoms with van der Waals surface area (Å²) in [4.78, 5) is 12.0. The van der Waals surface area contributed by atoms with Gasteiger partial charge in [0.2, 0.25) is 0 Å². The highest BCUT2D eigenvalue weighted by Gasteiger charge is 2.18. The molecule has 0 saturated carbocycles. The number of para-hydroxylation sites is 1. The van der Waals surface area contributed by atoms with E-state index in [0.29, 0.717) is 18.2 Å². The smallest absolute Gasteiger partial charge is 0.255 e. The predicted octanol–water partition coefficient (Wildman–Crippen LogP) is 1.88. The standard InChI is InChI=1S/C13H17NO3S/c1-17-11-4-2-3-10(12(11)15)13(16)14-7-9-5-6-18-8-9/h2-4,9,15H,5-8H2,1H3,(H,14,16). The highest BCUT2D eigenvalue weighted by molar-refractivity contribution is 7.99. The number of phenolic OH excluding ortho intramolecular Hbond substituents is 1. The molecule has 1 saturated heterocycles. The van der Waals surface area contributed by atoms with Gasteiger partial charge in [0, 0.05) is 6.54 Å². The van der Waals surface area contributed by atoms with E-state index in [9.17, 15) is 9.90 Å². The van der Waals surface area contributed by atoms with Crippen molar-refractivity contribution in [2.75, 3.05) is 25.2 Å². The second-order valence-corrected chi connectivity index (χ2v) is 5.45. The van der Waals surface area contributed by atoms with Crippen molar-refractivity contribution in [1.29, 1.82) is 0 Å². The summed E-state index contributed by atoms with van der Waals surface area (Å²) in [7, 11) is 1.46. The van der Waals surface area contributed by atoms with Gasteiger partial charge in [-0.25, -0.2) is 0 Å². The third-order valence-corrected chi connectivity index (χ3v) is 4.27. The Bertz CT molecular complexity index is 430. The summed E-state index contributed by atoms with van der Waals surface area (Å²) in [5, 5.41) is 12.7. The molecule has 1 atom stereocenters. The van der Waals surface area contributed by atoms with E-state index >= 15 is 0 Å². The Morgan fingerprint density at radius 3 is 3.11 bits per heavy atom. The van der Waals surface area contributed by atoms with Crippen LogP contribution in [0.2, 0.25) is 0 Å². The van der Waals surface area contributed by atoms with Crippen LogP contribution in [0.25, 0.3) is 0 Å². The Labute approximate surface area is 111 Å². The minimum absolute atomic E-state index is 0.0988. The number of aromatic hydroxyl groups is 1. The third kappa shape index (κ3) is 2.90. The molecular weight excluding hydrogens is 250 g/mol. The van der Waals surface area contributed by atoms with E-state index in [0.717, 1.165) is 12.2 Å². The number of carbonyl (C=O) groups excluding carboxylic acids is 1. The summed E-state index contributed by atoms with van der Waals surface area (Å²) in [6.45, 7) is 0.669. The molecule has 1 fully saturated rings. The average Bonchev–Trinajstić information content (AvgIpc) is 2.89. The lowest BCUT2D eigenvalue weighted by molar-refractivity contribution is 0.0945. The number of rotatable bonds is 4. The number of methoxy groups -OCH3 is 1. The lowest BCUT2D eigenvalue weighted by atomic mass is 10.1. The Balaban J connectivity index is 1.99. The number of thioether (sulfide) groups is 1. The molecule has 0 aromatic heterocycles. The summed E-state index contributed by atoms with van der Waals surface area (Å²) in [6.07, 6.45) is 1.15. The summed E-state index contributed by atoms with van der Waals surface area (Å²) >= 11 is 1.92. The van der Waals surface area contributed by atoms with Crippen LogP contribution in [0, 0.1) is 5.92 Å². The highest BCUT2D eigenvalue weighted by atomic mass is 32.2. The fourth-order valence-corrected chi connectivity index (χ4v) is 3.23. The van der Waals surface area contributed by atoms with Crippen molar-refractivity contribution in [3.63, 3.8) is 0 Å². The molecule has 1 aliphatic heterocycles. The van der Waals surface area contributed by atoms with Gasteiger partial charge in [-0.3, -0.25) is 4.79 Å². The first-order chi connectivity index (χ1) is 8.72. The molecule has 1 amide bonds. The molecule has 98 valence electrons. The van der Waals surface area contributed by atoms with Crippen LogP contribution in [-0.2, 0) is 0 Å². The molecule has 0 radical (unpaired) electrons. The molecule has 1 aliphatic rings. The Hall–Kier alpha value is -1.36. The van der Waals surface area contributed by atoms with Crippen molar-refractivity contribution in [1.82, 2.24) is 5.32 Å². The largest absolute Gasteiger partial charge is 0.504 e. The minimum atomic E-state index is -0.247. The summed E-state index contributed by atoms with van der Waals surface area (Å²) in [6, 6.07) is 4.91. The summed E-state index contributed by atoms with van der Waals surface area (Å²) in [5.74, 6) is 2.79. The van der Waals surface area contributed by atoms with Gasteiger partial charge >= 0.3 is 0 Å². The molecular formula is C13H17NO3S. The highest BCUT2D eigenvalue weighted by Crippen LogP contribution is 2.29. The summed E-state index contributed by atoms with van der Waals surface area (Å²) < 4.78 is 4.98. The molecule has 2 rings (SSSR count). The first-order valence-electron chi connectivity index (χ1n) is 5.94. The molecule has 0 aliphatic carbocycles. The van der Waals surface area contributed by atoms with Crippen LogP contribution >= 0.6 is 11.8 Å². The molecule has 1 aromatic rings. The quantitative estimate of drug-likeness (QED) is 0.874. The first-order valence-corrected chi connectivity index (χ1v) is 7.09. The Morgan fingerprint density at radius 2 is 2.44 bits per heavy atom. The van der Waals surface area contributed by atoms with Crippen LogP contribution in [0.1, 0.15) is 16.8 Å². The number of hydrogen-bond acceptors (Lipinski definition) is 4. The zero-order valence-corrected chi connectivity index (χ0v) is 11.1. The maximum absolute atomic E-state index is 12.0. The van der Waals surface area contributed by atoms with Crippen molar-refractivity contribution in [2.24, 2.45) is 5.92 Å². The van der Waals surface area contributed by atoms with E-state index < -0.39 is 0 Å². The van der Waals surface area contributed by atoms with Gasteiger partial charge in [-0.05, 0) is 36.0 Å². The third-order valence-electron chi connectivity index (χ3n) is 3.04. The molecule has 0 bridgehead atoms. The van der Waals surface area contributed by atoms with Gasteiger partial charge in [-0.15, -0.1) is 0 Å². The van der Waals surface area contributed by atoms with E-state index in [1.807, 2.05) is 11.8 Å². The molecule has 18 heavy (non-hydrogen) atoms. The van der Waals surface area contributed by atoms with Crippen LogP contribution in [0.5, 0.6) is 11.5 Å². The van der Waals surface area contributed by atoms with Crippen molar-refractivity contribution >= 4 is 17.7 Å². The summed E-state index contributed by atoms with van der Waals surface area (Å²) in [5.41, 5.74) is 0.264. The van der Waals surface area contributed by atoms with Gasteiger partial charge in [0.05, 0.1) is 12.7 Å². The number of ether oxygens (including phenoxy) is 1. The van der Waals surface area contributed by atoms with E-state index in [1.165, 1.54) is 12.9 Å². The second-order valence-electron chi connectivity index (χ2n) is 4.30. The van der Waals surface area contributed by atoms with E-state index in [2.05, 4.69) is 5.32 Å². The van der Waals surface area contributed by atoms with Crippen molar-refractivity contribution in [2.45, 2.75) is 6.42 Å². The van der Waals surface area contributed by atoms with Gasteiger partial charge < -0.3 is 15.2 Å². The van der Waals surface area contributed by atoms with Crippen molar-refractivity contribution in [3.05, 3.63) is 23.8 Å². The fraction of sp³-hybridized carbons (Fsp3) is 0.462. The number of benzene rings is 1. The van der Waals surface area contributed by atoms with Crippen molar-refractivity contribution in [3.8, 4) is 11.5 Å². The van der Waals surface area contributed by atoms with Gasteiger partial charge in [-0.2, -0.15) is 11.8 Å². The van der Waals surface area contributed by atoms with Gasteiger partial charge in [0.25, 0.3) is 5.91 Å². The Morgan fingerprint density at radius 1 is 1.61 bits per heavy atom. The van der Waals surface area contributed by atoms with Crippen LogP contribution in [0.4, 0.5) is 0 Å². The number of hydrogen-bond donors (Lipinski definition) is 2.